The Labute approximate surface area is 165 Å². The number of aryl methyl sites for hydroxylation is 1. The van der Waals surface area contributed by atoms with Crippen molar-refractivity contribution in [2.24, 2.45) is 5.41 Å². The summed E-state index contributed by atoms with van der Waals surface area (Å²) in [6, 6.07) is 16.6. The zero-order valence-electron chi connectivity index (χ0n) is 16.5. The maximum Gasteiger partial charge on any atom is 0.261 e. The second-order valence-corrected chi connectivity index (χ2v) is 8.76. The SMILES string of the molecule is CC1(C)CCc2nc3cc(C4=CCN(c5ccccc5)C4)ccc3c(=O)n2C1. The van der Waals surface area contributed by atoms with Gasteiger partial charge in [-0.2, -0.15) is 0 Å². The van der Waals surface area contributed by atoms with Crippen LogP contribution in [-0.4, -0.2) is 22.6 Å². The van der Waals surface area contributed by atoms with E-state index in [-0.39, 0.29) is 11.0 Å². The lowest BCUT2D eigenvalue weighted by atomic mass is 9.85. The molecule has 2 aromatic carbocycles. The van der Waals surface area contributed by atoms with Crippen molar-refractivity contribution in [2.75, 3.05) is 18.0 Å². The smallest absolute Gasteiger partial charge is 0.261 e. The zero-order chi connectivity index (χ0) is 19.3. The first-order chi connectivity index (χ1) is 13.5. The molecule has 0 saturated carbocycles. The Morgan fingerprint density at radius 2 is 1.89 bits per heavy atom. The van der Waals surface area contributed by atoms with Crippen LogP contribution < -0.4 is 10.5 Å². The van der Waals surface area contributed by atoms with Gasteiger partial charge in [-0.05, 0) is 47.2 Å². The van der Waals surface area contributed by atoms with Gasteiger partial charge >= 0.3 is 0 Å². The Balaban J connectivity index is 1.49. The van der Waals surface area contributed by atoms with Crippen molar-refractivity contribution in [3.63, 3.8) is 0 Å². The van der Waals surface area contributed by atoms with E-state index in [9.17, 15) is 4.79 Å². The van der Waals surface area contributed by atoms with E-state index in [1.165, 1.54) is 16.8 Å². The highest BCUT2D eigenvalue weighted by Crippen LogP contribution is 2.31. The van der Waals surface area contributed by atoms with E-state index in [4.69, 9.17) is 4.98 Å². The first-order valence-corrected chi connectivity index (χ1v) is 10.0. The predicted octanol–water partition coefficient (Wildman–Crippen LogP) is 4.27. The van der Waals surface area contributed by atoms with E-state index in [1.807, 2.05) is 16.7 Å². The van der Waals surface area contributed by atoms with Crippen LogP contribution in [0.25, 0.3) is 16.5 Å². The maximum atomic E-state index is 13.0. The number of fused-ring (bicyclic) bond motifs is 2. The van der Waals surface area contributed by atoms with Gasteiger partial charge in [-0.25, -0.2) is 4.98 Å². The fourth-order valence-corrected chi connectivity index (χ4v) is 4.38. The summed E-state index contributed by atoms with van der Waals surface area (Å²) < 4.78 is 1.89. The van der Waals surface area contributed by atoms with Gasteiger partial charge in [-0.15, -0.1) is 0 Å². The number of hydrogen-bond donors (Lipinski definition) is 0. The van der Waals surface area contributed by atoms with Crippen molar-refractivity contribution in [3.8, 4) is 0 Å². The number of aromatic nitrogens is 2. The molecule has 142 valence electrons. The van der Waals surface area contributed by atoms with Crippen LogP contribution in [0.4, 0.5) is 5.69 Å². The molecule has 3 aromatic rings. The van der Waals surface area contributed by atoms with Crippen molar-refractivity contribution >= 4 is 22.2 Å². The average molecular weight is 371 g/mol. The van der Waals surface area contributed by atoms with Gasteiger partial charge in [0.1, 0.15) is 5.82 Å². The molecule has 4 heteroatoms. The summed E-state index contributed by atoms with van der Waals surface area (Å²) >= 11 is 0. The van der Waals surface area contributed by atoms with Crippen molar-refractivity contribution in [3.05, 3.63) is 76.3 Å². The van der Waals surface area contributed by atoms with Gasteiger partial charge in [0, 0.05) is 31.7 Å². The minimum absolute atomic E-state index is 0.102. The van der Waals surface area contributed by atoms with Crippen LogP contribution in [0, 0.1) is 5.41 Å². The molecule has 0 atom stereocenters. The monoisotopic (exact) mass is 371 g/mol. The number of hydrogen-bond acceptors (Lipinski definition) is 3. The van der Waals surface area contributed by atoms with Crippen LogP contribution in [0.15, 0.2) is 59.4 Å². The summed E-state index contributed by atoms with van der Waals surface area (Å²) in [5, 5.41) is 0.726. The van der Waals surface area contributed by atoms with Crippen LogP contribution in [-0.2, 0) is 13.0 Å². The molecule has 5 rings (SSSR count). The van der Waals surface area contributed by atoms with E-state index in [2.05, 4.69) is 61.2 Å². The van der Waals surface area contributed by atoms with E-state index >= 15 is 0 Å². The molecular formula is C24H25N3O. The standard InChI is InChI=1S/C24H25N3O/c1-24(2)12-10-22-25-21-14-17(8-9-20(21)23(28)27(22)16-24)18-11-13-26(15-18)19-6-4-3-5-7-19/h3-9,11,14H,10,12-13,15-16H2,1-2H3. The molecule has 1 aromatic heterocycles. The van der Waals surface area contributed by atoms with Crippen LogP contribution in [0.1, 0.15) is 31.7 Å². The summed E-state index contributed by atoms with van der Waals surface area (Å²) in [7, 11) is 0. The quantitative estimate of drug-likeness (QED) is 0.675. The topological polar surface area (TPSA) is 38.1 Å². The number of anilines is 1. The molecule has 0 bridgehead atoms. The molecule has 0 amide bonds. The summed E-state index contributed by atoms with van der Waals surface area (Å²) in [5.41, 5.74) is 4.79. The first kappa shape index (κ1) is 17.2. The third-order valence-electron chi connectivity index (χ3n) is 6.06. The number of nitrogens with zero attached hydrogens (tertiary/aromatic N) is 3. The molecule has 0 aliphatic carbocycles. The fraction of sp³-hybridized carbons (Fsp3) is 0.333. The molecule has 2 aliphatic rings. The van der Waals surface area contributed by atoms with Gasteiger partial charge in [0.05, 0.1) is 10.9 Å². The molecule has 28 heavy (non-hydrogen) atoms. The molecule has 4 nitrogen and oxygen atoms in total. The third kappa shape index (κ3) is 2.93. The van der Waals surface area contributed by atoms with E-state index < -0.39 is 0 Å². The zero-order valence-corrected chi connectivity index (χ0v) is 16.5. The van der Waals surface area contributed by atoms with Crippen LogP contribution >= 0.6 is 0 Å². The van der Waals surface area contributed by atoms with E-state index in [1.54, 1.807) is 0 Å². The normalized spacial score (nSPS) is 18.2. The number of para-hydroxylation sites is 1. The Morgan fingerprint density at radius 3 is 2.71 bits per heavy atom. The molecular weight excluding hydrogens is 346 g/mol. The average Bonchev–Trinajstić information content (AvgIpc) is 3.19. The summed E-state index contributed by atoms with van der Waals surface area (Å²) in [6.45, 7) is 6.99. The minimum Gasteiger partial charge on any atom is -0.363 e. The molecule has 0 fully saturated rings. The molecule has 0 saturated heterocycles. The van der Waals surface area contributed by atoms with Gasteiger partial charge < -0.3 is 4.90 Å². The van der Waals surface area contributed by atoms with E-state index in [0.29, 0.717) is 0 Å². The molecule has 3 heterocycles. The molecule has 0 radical (unpaired) electrons. The molecule has 0 spiro atoms. The number of benzene rings is 2. The highest BCUT2D eigenvalue weighted by molar-refractivity contribution is 5.84. The second-order valence-electron chi connectivity index (χ2n) is 8.76. The molecule has 0 N–H and O–H groups in total. The lowest BCUT2D eigenvalue weighted by Gasteiger charge is -2.31. The van der Waals surface area contributed by atoms with Crippen LogP contribution in [0.2, 0.25) is 0 Å². The van der Waals surface area contributed by atoms with Gasteiger partial charge in [-0.3, -0.25) is 9.36 Å². The lowest BCUT2D eigenvalue weighted by molar-refractivity contribution is 0.240. The summed E-state index contributed by atoms with van der Waals surface area (Å²) in [4.78, 5) is 20.3. The fourth-order valence-electron chi connectivity index (χ4n) is 4.38. The largest absolute Gasteiger partial charge is 0.363 e. The molecule has 0 unspecified atom stereocenters. The molecule has 2 aliphatic heterocycles. The van der Waals surface area contributed by atoms with Crippen molar-refractivity contribution in [1.82, 2.24) is 9.55 Å². The van der Waals surface area contributed by atoms with Crippen molar-refractivity contribution in [2.45, 2.75) is 33.2 Å². The van der Waals surface area contributed by atoms with Crippen LogP contribution in [0.3, 0.4) is 0 Å². The summed E-state index contributed by atoms with van der Waals surface area (Å²) in [6.07, 6.45) is 4.22. The Kier molecular flexibility index (Phi) is 3.90. The highest BCUT2D eigenvalue weighted by Gasteiger charge is 2.27. The van der Waals surface area contributed by atoms with Gasteiger partial charge in [-0.1, -0.05) is 44.2 Å². The predicted molar refractivity (Wildman–Crippen MR) is 115 cm³/mol. The second kappa shape index (κ2) is 6.33. The van der Waals surface area contributed by atoms with Crippen molar-refractivity contribution in [1.29, 1.82) is 0 Å². The summed E-state index contributed by atoms with van der Waals surface area (Å²) in [5.74, 6) is 0.931. The van der Waals surface area contributed by atoms with Crippen molar-refractivity contribution < 1.29 is 0 Å². The van der Waals surface area contributed by atoms with Gasteiger partial charge in [0.2, 0.25) is 0 Å². The maximum absolute atomic E-state index is 13.0. The lowest BCUT2D eigenvalue weighted by Crippen LogP contribution is -2.36. The third-order valence-corrected chi connectivity index (χ3v) is 6.06. The Hall–Kier alpha value is -2.88. The number of rotatable bonds is 2. The van der Waals surface area contributed by atoms with Crippen LogP contribution in [0.5, 0.6) is 0 Å². The Morgan fingerprint density at radius 1 is 1.07 bits per heavy atom. The van der Waals surface area contributed by atoms with Gasteiger partial charge in [0.25, 0.3) is 5.56 Å². The Bertz CT molecular complexity index is 1140. The van der Waals surface area contributed by atoms with E-state index in [0.717, 1.165) is 49.2 Å². The minimum atomic E-state index is 0.102. The van der Waals surface area contributed by atoms with Gasteiger partial charge in [0.15, 0.2) is 0 Å². The highest BCUT2D eigenvalue weighted by atomic mass is 16.1. The first-order valence-electron chi connectivity index (χ1n) is 10.0.